The van der Waals surface area contributed by atoms with Crippen LogP contribution < -0.4 is 10.1 Å². The molecule has 0 aliphatic carbocycles. The second kappa shape index (κ2) is 8.06. The van der Waals surface area contributed by atoms with Gasteiger partial charge in [0, 0.05) is 16.8 Å². The van der Waals surface area contributed by atoms with Crippen LogP contribution in [0, 0.1) is 0 Å². The number of ether oxygens (including phenoxy) is 2. The van der Waals surface area contributed by atoms with Gasteiger partial charge >= 0.3 is 5.97 Å². The smallest absolute Gasteiger partial charge is 0.310 e. The van der Waals surface area contributed by atoms with Crippen molar-refractivity contribution in [1.29, 1.82) is 0 Å². The summed E-state index contributed by atoms with van der Waals surface area (Å²) in [6.45, 7) is -0.382. The molecule has 4 rings (SSSR count). The lowest BCUT2D eigenvalue weighted by Crippen LogP contribution is -2.21. The number of anilines is 1. The molecule has 29 heavy (non-hydrogen) atoms. The summed E-state index contributed by atoms with van der Waals surface area (Å²) in [5.41, 5.74) is 2.66. The van der Waals surface area contributed by atoms with E-state index in [1.165, 1.54) is 7.11 Å². The highest BCUT2D eigenvalue weighted by atomic mass is 16.5. The molecular weight excluding hydrogens is 370 g/mol. The van der Waals surface area contributed by atoms with E-state index in [0.717, 1.165) is 21.9 Å². The quantitative estimate of drug-likeness (QED) is 0.497. The van der Waals surface area contributed by atoms with Crippen molar-refractivity contribution < 1.29 is 23.5 Å². The molecule has 1 aromatic heterocycles. The van der Waals surface area contributed by atoms with Crippen LogP contribution in [0.1, 0.15) is 5.56 Å². The Morgan fingerprint density at radius 1 is 0.931 bits per heavy atom. The van der Waals surface area contributed by atoms with Gasteiger partial charge in [-0.15, -0.1) is 0 Å². The highest BCUT2D eigenvalue weighted by Crippen LogP contribution is 2.36. The number of hydrogen-bond donors (Lipinski definition) is 1. The molecule has 1 heterocycles. The largest absolute Gasteiger partial charge is 0.495 e. The van der Waals surface area contributed by atoms with E-state index in [1.54, 1.807) is 6.07 Å². The maximum absolute atomic E-state index is 12.3. The van der Waals surface area contributed by atoms with Crippen molar-refractivity contribution in [3.05, 3.63) is 72.3 Å². The molecule has 6 nitrogen and oxygen atoms in total. The fourth-order valence-corrected chi connectivity index (χ4v) is 3.16. The number of carbonyl (C=O) groups is 2. The number of nitrogens with one attached hydrogen (secondary N) is 1. The Bertz CT molecular complexity index is 1180. The molecule has 146 valence electrons. The molecule has 0 aliphatic heterocycles. The van der Waals surface area contributed by atoms with E-state index < -0.39 is 11.9 Å². The lowest BCUT2D eigenvalue weighted by Gasteiger charge is -2.11. The van der Waals surface area contributed by atoms with Crippen molar-refractivity contribution in [3.63, 3.8) is 0 Å². The van der Waals surface area contributed by atoms with Gasteiger partial charge in [-0.25, -0.2) is 0 Å². The molecule has 0 spiro atoms. The van der Waals surface area contributed by atoms with E-state index in [4.69, 9.17) is 13.9 Å². The molecule has 1 amide bonds. The standard InChI is InChI=1S/C23H19NO5/c1-27-21-12-17-16-9-5-6-10-19(16)29-20(17)13-18(21)24-22(25)14-28-23(26)11-15-7-3-2-4-8-15/h2-10,12-13H,11,14H2,1H3,(H,24,25). The number of furan rings is 1. The average Bonchev–Trinajstić information content (AvgIpc) is 3.09. The maximum atomic E-state index is 12.3. The Morgan fingerprint density at radius 3 is 2.48 bits per heavy atom. The molecule has 0 unspecified atom stereocenters. The first-order valence-corrected chi connectivity index (χ1v) is 9.13. The van der Waals surface area contributed by atoms with Crippen LogP contribution in [-0.4, -0.2) is 25.6 Å². The maximum Gasteiger partial charge on any atom is 0.310 e. The number of amides is 1. The van der Waals surface area contributed by atoms with E-state index in [2.05, 4.69) is 5.32 Å². The number of carbonyl (C=O) groups excluding carboxylic acids is 2. The Labute approximate surface area is 167 Å². The van der Waals surface area contributed by atoms with Gasteiger partial charge in [-0.3, -0.25) is 9.59 Å². The van der Waals surface area contributed by atoms with Gasteiger partial charge in [-0.2, -0.15) is 0 Å². The lowest BCUT2D eigenvalue weighted by molar-refractivity contribution is -0.146. The third-order valence-electron chi connectivity index (χ3n) is 4.53. The van der Waals surface area contributed by atoms with Crippen LogP contribution in [0.2, 0.25) is 0 Å². The number of esters is 1. The number of hydrogen-bond acceptors (Lipinski definition) is 5. The monoisotopic (exact) mass is 389 g/mol. The normalized spacial score (nSPS) is 10.8. The predicted molar refractivity (Wildman–Crippen MR) is 110 cm³/mol. The van der Waals surface area contributed by atoms with Gasteiger partial charge in [-0.05, 0) is 17.7 Å². The van der Waals surface area contributed by atoms with Crippen LogP contribution in [0.4, 0.5) is 5.69 Å². The zero-order valence-corrected chi connectivity index (χ0v) is 15.8. The Morgan fingerprint density at radius 2 is 1.69 bits per heavy atom. The van der Waals surface area contributed by atoms with Crippen molar-refractivity contribution in [2.45, 2.75) is 6.42 Å². The number of methoxy groups -OCH3 is 1. The number of rotatable bonds is 6. The Hall–Kier alpha value is -3.80. The van der Waals surface area contributed by atoms with E-state index >= 15 is 0 Å². The SMILES string of the molecule is COc1cc2c(cc1NC(=O)COC(=O)Cc1ccccc1)oc1ccccc12. The highest BCUT2D eigenvalue weighted by molar-refractivity contribution is 6.07. The Balaban J connectivity index is 1.46. The topological polar surface area (TPSA) is 77.8 Å². The van der Waals surface area contributed by atoms with Crippen LogP contribution in [0.25, 0.3) is 21.9 Å². The minimum absolute atomic E-state index is 0.113. The highest BCUT2D eigenvalue weighted by Gasteiger charge is 2.15. The molecule has 0 atom stereocenters. The van der Waals surface area contributed by atoms with Gasteiger partial charge in [0.15, 0.2) is 6.61 Å². The fourth-order valence-electron chi connectivity index (χ4n) is 3.16. The predicted octanol–water partition coefficient (Wildman–Crippen LogP) is 4.32. The summed E-state index contributed by atoms with van der Waals surface area (Å²) >= 11 is 0. The van der Waals surface area contributed by atoms with E-state index in [1.807, 2.05) is 60.7 Å². The van der Waals surface area contributed by atoms with E-state index in [-0.39, 0.29) is 13.0 Å². The van der Waals surface area contributed by atoms with Gasteiger partial charge in [-0.1, -0.05) is 48.5 Å². The summed E-state index contributed by atoms with van der Waals surface area (Å²) in [5.74, 6) is -0.431. The zero-order chi connectivity index (χ0) is 20.2. The summed E-state index contributed by atoms with van der Waals surface area (Å²) in [4.78, 5) is 24.2. The first kappa shape index (κ1) is 18.6. The molecule has 0 fully saturated rings. The van der Waals surface area contributed by atoms with Gasteiger partial charge in [0.1, 0.15) is 16.9 Å². The Kier molecular flexibility index (Phi) is 5.16. The number of para-hydroxylation sites is 1. The van der Waals surface area contributed by atoms with Crippen molar-refractivity contribution in [2.75, 3.05) is 19.0 Å². The second-order valence-electron chi connectivity index (χ2n) is 6.52. The summed E-state index contributed by atoms with van der Waals surface area (Å²) in [6, 6.07) is 20.4. The fraction of sp³-hybridized carbons (Fsp3) is 0.130. The first-order chi connectivity index (χ1) is 14.1. The first-order valence-electron chi connectivity index (χ1n) is 9.13. The molecule has 0 bridgehead atoms. The summed E-state index contributed by atoms with van der Waals surface area (Å²) in [5, 5.41) is 4.58. The van der Waals surface area contributed by atoms with Crippen LogP contribution in [-0.2, 0) is 20.7 Å². The second-order valence-corrected chi connectivity index (χ2v) is 6.52. The van der Waals surface area contributed by atoms with Crippen LogP contribution in [0.15, 0.2) is 71.1 Å². The van der Waals surface area contributed by atoms with Gasteiger partial charge in [0.05, 0.1) is 19.2 Å². The van der Waals surface area contributed by atoms with Crippen LogP contribution in [0.5, 0.6) is 5.75 Å². The molecular formula is C23H19NO5. The molecule has 4 aromatic rings. The minimum atomic E-state index is -0.467. The molecule has 0 saturated heterocycles. The zero-order valence-electron chi connectivity index (χ0n) is 15.8. The third kappa shape index (κ3) is 4.06. The third-order valence-corrected chi connectivity index (χ3v) is 4.53. The molecule has 6 heteroatoms. The van der Waals surface area contributed by atoms with Crippen LogP contribution >= 0.6 is 0 Å². The van der Waals surface area contributed by atoms with E-state index in [0.29, 0.717) is 17.0 Å². The molecule has 3 aromatic carbocycles. The minimum Gasteiger partial charge on any atom is -0.495 e. The van der Waals surface area contributed by atoms with Crippen molar-refractivity contribution in [3.8, 4) is 5.75 Å². The summed E-state index contributed by atoms with van der Waals surface area (Å²) < 4.78 is 16.3. The van der Waals surface area contributed by atoms with Gasteiger partial charge in [0.25, 0.3) is 5.91 Å². The van der Waals surface area contributed by atoms with Gasteiger partial charge in [0.2, 0.25) is 0 Å². The summed E-state index contributed by atoms with van der Waals surface area (Å²) in [7, 11) is 1.53. The van der Waals surface area contributed by atoms with Crippen molar-refractivity contribution >= 4 is 39.5 Å². The lowest BCUT2D eigenvalue weighted by atomic mass is 10.1. The summed E-state index contributed by atoms with van der Waals surface area (Å²) in [6.07, 6.45) is 0.113. The van der Waals surface area contributed by atoms with Crippen molar-refractivity contribution in [2.24, 2.45) is 0 Å². The number of fused-ring (bicyclic) bond motifs is 3. The van der Waals surface area contributed by atoms with Crippen LogP contribution in [0.3, 0.4) is 0 Å². The molecule has 1 N–H and O–H groups in total. The average molecular weight is 389 g/mol. The van der Waals surface area contributed by atoms with Gasteiger partial charge < -0.3 is 19.2 Å². The molecule has 0 radical (unpaired) electrons. The number of benzene rings is 3. The molecule has 0 saturated carbocycles. The molecule has 0 aliphatic rings. The van der Waals surface area contributed by atoms with E-state index in [9.17, 15) is 9.59 Å². The van der Waals surface area contributed by atoms with Crippen molar-refractivity contribution in [1.82, 2.24) is 0 Å².